The Morgan fingerprint density at radius 1 is 0.851 bits per heavy atom. The number of nitrogens with zero attached hydrogens (tertiary/aromatic N) is 1. The van der Waals surface area contributed by atoms with Crippen molar-refractivity contribution in [2.45, 2.75) is 143 Å². The predicted molar refractivity (Wildman–Crippen MR) is 176 cm³/mol. The molecule has 47 heavy (non-hydrogen) atoms. The summed E-state index contributed by atoms with van der Waals surface area (Å²) in [6.07, 6.45) is -4.37. The fraction of sp³-hybridized carbons (Fsp3) is 0.686. The van der Waals surface area contributed by atoms with Crippen LogP contribution in [0.3, 0.4) is 0 Å². The largest absolute Gasteiger partial charge is 0.479 e. The monoisotopic (exact) mass is 666 g/mol. The summed E-state index contributed by atoms with van der Waals surface area (Å²) in [4.78, 5) is 65.8. The van der Waals surface area contributed by atoms with Crippen molar-refractivity contribution in [1.82, 2.24) is 10.2 Å². The van der Waals surface area contributed by atoms with Crippen LogP contribution in [0.2, 0.25) is 0 Å². The number of carbonyl (C=O) groups is 5. The minimum atomic E-state index is -1.91. The highest BCUT2D eigenvalue weighted by Crippen LogP contribution is 2.26. The first-order valence-corrected chi connectivity index (χ1v) is 15.8. The number of aliphatic carboxylic acids is 1. The lowest BCUT2D eigenvalue weighted by Crippen LogP contribution is -2.52. The summed E-state index contributed by atoms with van der Waals surface area (Å²) in [5, 5.41) is 11.8. The zero-order chi connectivity index (χ0) is 36.7. The first-order chi connectivity index (χ1) is 21.1. The van der Waals surface area contributed by atoms with Gasteiger partial charge in [-0.3, -0.25) is 9.69 Å². The van der Waals surface area contributed by atoms with E-state index in [4.69, 9.17) is 14.2 Å². The molecule has 4 atom stereocenters. The van der Waals surface area contributed by atoms with E-state index in [1.54, 1.807) is 32.9 Å². The summed E-state index contributed by atoms with van der Waals surface area (Å²) in [6.45, 7) is 20.2. The molecule has 0 radical (unpaired) electrons. The van der Waals surface area contributed by atoms with Crippen molar-refractivity contribution in [3.8, 4) is 0 Å². The Labute approximate surface area is 278 Å². The zero-order valence-corrected chi connectivity index (χ0v) is 30.3. The number of hydrogen-bond acceptors (Lipinski definition) is 8. The first kappa shape index (κ1) is 41.3. The van der Waals surface area contributed by atoms with Crippen molar-refractivity contribution in [3.05, 3.63) is 35.4 Å². The van der Waals surface area contributed by atoms with Crippen LogP contribution in [0.5, 0.6) is 0 Å². The standard InChI is InChI=1S/C35H55FN2O9/c1-21(28(40)41)45-29(42)24(19-32(2,3)4)37-27(39)26(18-22-14-16-23(17-15-22)33(5,6)7)46-30(43)25(20-35(11,12)36)38(13)31(44)47-34(8,9)10/h14-17,21,24-26H,18-20H2,1-13H3,(H,37,39)(H,40,41)/t21-,24+,25+,26-/m1/s1. The second-order valence-corrected chi connectivity index (χ2v) is 15.8. The van der Waals surface area contributed by atoms with E-state index in [-0.39, 0.29) is 18.3 Å². The average Bonchev–Trinajstić information content (AvgIpc) is 2.87. The summed E-state index contributed by atoms with van der Waals surface area (Å²) in [7, 11) is 1.28. The summed E-state index contributed by atoms with van der Waals surface area (Å²) < 4.78 is 31.2. The molecule has 12 heteroatoms. The molecule has 11 nitrogen and oxygen atoms in total. The van der Waals surface area contributed by atoms with Crippen molar-refractivity contribution >= 4 is 29.9 Å². The summed E-state index contributed by atoms with van der Waals surface area (Å²) in [5.41, 5.74) is -1.81. The van der Waals surface area contributed by atoms with Crippen LogP contribution in [-0.4, -0.2) is 82.5 Å². The van der Waals surface area contributed by atoms with Crippen molar-refractivity contribution in [2.75, 3.05) is 7.05 Å². The number of amides is 2. The summed E-state index contributed by atoms with van der Waals surface area (Å²) >= 11 is 0. The molecular formula is C35H55FN2O9. The molecule has 0 unspecified atom stereocenters. The van der Waals surface area contributed by atoms with Crippen LogP contribution in [-0.2, 0) is 45.2 Å². The molecule has 1 aromatic carbocycles. The second-order valence-electron chi connectivity index (χ2n) is 15.8. The van der Waals surface area contributed by atoms with E-state index in [0.29, 0.717) is 5.56 Å². The fourth-order valence-corrected chi connectivity index (χ4v) is 4.44. The molecule has 0 saturated carbocycles. The molecule has 266 valence electrons. The molecule has 0 aliphatic carbocycles. The van der Waals surface area contributed by atoms with Gasteiger partial charge >= 0.3 is 24.0 Å². The number of rotatable bonds is 13. The van der Waals surface area contributed by atoms with Crippen molar-refractivity contribution in [3.63, 3.8) is 0 Å². The van der Waals surface area contributed by atoms with Crippen LogP contribution >= 0.6 is 0 Å². The smallest absolute Gasteiger partial charge is 0.410 e. The molecular weight excluding hydrogens is 611 g/mol. The van der Waals surface area contributed by atoms with Crippen LogP contribution in [0.1, 0.15) is 107 Å². The lowest BCUT2D eigenvalue weighted by atomic mass is 9.86. The van der Waals surface area contributed by atoms with Gasteiger partial charge in [-0.05, 0) is 69.9 Å². The van der Waals surface area contributed by atoms with E-state index in [2.05, 4.69) is 5.32 Å². The highest BCUT2D eigenvalue weighted by molar-refractivity contribution is 5.90. The van der Waals surface area contributed by atoms with Crippen LogP contribution in [0.4, 0.5) is 9.18 Å². The van der Waals surface area contributed by atoms with E-state index in [9.17, 15) is 33.5 Å². The zero-order valence-electron chi connectivity index (χ0n) is 30.3. The molecule has 2 amide bonds. The molecule has 0 saturated heterocycles. The SMILES string of the molecule is C[C@@H](OC(=O)[C@H](CC(C)(C)C)NC(=O)[C@@H](Cc1ccc(C(C)(C)C)cc1)OC(=O)[C@H](CC(C)(C)F)N(C)C(=O)OC(C)(C)C)C(=O)O. The van der Waals surface area contributed by atoms with Crippen molar-refractivity contribution in [1.29, 1.82) is 0 Å². The highest BCUT2D eigenvalue weighted by atomic mass is 19.1. The maximum atomic E-state index is 15.0. The minimum Gasteiger partial charge on any atom is -0.479 e. The number of carboxylic acid groups (broad SMARTS) is 1. The van der Waals surface area contributed by atoms with Crippen LogP contribution in [0.25, 0.3) is 0 Å². The van der Waals surface area contributed by atoms with E-state index in [1.165, 1.54) is 27.8 Å². The molecule has 0 bridgehead atoms. The van der Waals surface area contributed by atoms with Gasteiger partial charge in [0.25, 0.3) is 5.91 Å². The van der Waals surface area contributed by atoms with Gasteiger partial charge in [0.1, 0.15) is 23.4 Å². The average molecular weight is 667 g/mol. The van der Waals surface area contributed by atoms with E-state index >= 15 is 0 Å². The topological polar surface area (TPSA) is 149 Å². The number of carbonyl (C=O) groups excluding carboxylic acids is 4. The third kappa shape index (κ3) is 15.2. The molecule has 2 N–H and O–H groups in total. The Morgan fingerprint density at radius 3 is 1.81 bits per heavy atom. The number of esters is 2. The van der Waals surface area contributed by atoms with Gasteiger partial charge in [0.05, 0.1) is 0 Å². The Bertz CT molecular complexity index is 1250. The molecule has 0 fully saturated rings. The minimum absolute atomic E-state index is 0.0743. The van der Waals surface area contributed by atoms with Gasteiger partial charge in [-0.25, -0.2) is 23.6 Å². The van der Waals surface area contributed by atoms with E-state index in [0.717, 1.165) is 10.5 Å². The van der Waals surface area contributed by atoms with Crippen LogP contribution in [0.15, 0.2) is 24.3 Å². The maximum Gasteiger partial charge on any atom is 0.410 e. The number of benzene rings is 1. The number of ether oxygens (including phenoxy) is 3. The number of halogens is 1. The molecule has 0 aromatic heterocycles. The third-order valence-electron chi connectivity index (χ3n) is 6.95. The fourth-order valence-electron chi connectivity index (χ4n) is 4.44. The highest BCUT2D eigenvalue weighted by Gasteiger charge is 2.39. The number of nitrogens with one attached hydrogen (secondary N) is 1. The predicted octanol–water partition coefficient (Wildman–Crippen LogP) is 5.75. The first-order valence-electron chi connectivity index (χ1n) is 15.8. The Hall–Kier alpha value is -3.70. The van der Waals surface area contributed by atoms with Gasteiger partial charge in [0.2, 0.25) is 0 Å². The quantitative estimate of drug-likeness (QED) is 0.198. The van der Waals surface area contributed by atoms with Gasteiger partial charge in [-0.1, -0.05) is 65.8 Å². The van der Waals surface area contributed by atoms with Gasteiger partial charge in [-0.15, -0.1) is 0 Å². The van der Waals surface area contributed by atoms with Crippen LogP contribution < -0.4 is 5.32 Å². The van der Waals surface area contributed by atoms with Gasteiger partial charge in [0, 0.05) is 19.9 Å². The molecule has 0 aliphatic rings. The van der Waals surface area contributed by atoms with E-state index in [1.807, 2.05) is 53.7 Å². The van der Waals surface area contributed by atoms with Crippen LogP contribution in [0, 0.1) is 5.41 Å². The normalized spacial score (nSPS) is 15.0. The maximum absolute atomic E-state index is 15.0. The lowest BCUT2D eigenvalue weighted by molar-refractivity contribution is -0.166. The number of hydrogen-bond donors (Lipinski definition) is 2. The van der Waals surface area contributed by atoms with Gasteiger partial charge in [0.15, 0.2) is 12.2 Å². The summed E-state index contributed by atoms with van der Waals surface area (Å²) in [6, 6.07) is 4.63. The van der Waals surface area contributed by atoms with Crippen molar-refractivity contribution < 1.29 is 47.7 Å². The Morgan fingerprint density at radius 2 is 1.38 bits per heavy atom. The summed E-state index contributed by atoms with van der Waals surface area (Å²) in [5.74, 6) is -4.24. The number of carboxylic acids is 1. The Kier molecular flexibility index (Phi) is 14.0. The van der Waals surface area contributed by atoms with Gasteiger partial charge < -0.3 is 24.6 Å². The molecule has 1 rings (SSSR count). The third-order valence-corrected chi connectivity index (χ3v) is 6.95. The Balaban J connectivity index is 3.54. The molecule has 0 spiro atoms. The molecule has 0 aliphatic heterocycles. The molecule has 0 heterocycles. The second kappa shape index (κ2) is 15.9. The van der Waals surface area contributed by atoms with E-state index < -0.39 is 77.3 Å². The number of likely N-dealkylation sites (N-methyl/N-ethyl adjacent to an activating group) is 1. The molecule has 1 aromatic rings. The lowest BCUT2D eigenvalue weighted by Gasteiger charge is -2.33. The van der Waals surface area contributed by atoms with Crippen molar-refractivity contribution in [2.24, 2.45) is 5.41 Å². The number of alkyl halides is 1. The van der Waals surface area contributed by atoms with Gasteiger partial charge in [-0.2, -0.15) is 0 Å².